The molecule has 0 fully saturated rings. The molecule has 0 heterocycles. The molecule has 1 amide bonds. The number of carbonyl (C=O) groups excluding carboxylic acids is 1. The van der Waals surface area contributed by atoms with Crippen molar-refractivity contribution in [2.45, 2.75) is 33.4 Å². The second-order valence-electron chi connectivity index (χ2n) is 7.47. The number of amides is 1. The van der Waals surface area contributed by atoms with Gasteiger partial charge in [0.25, 0.3) is 5.91 Å². The van der Waals surface area contributed by atoms with Crippen LogP contribution >= 0.6 is 0 Å². The summed E-state index contributed by atoms with van der Waals surface area (Å²) in [5.41, 5.74) is 4.92. The molecule has 0 bridgehead atoms. The molecule has 0 spiro atoms. The van der Waals surface area contributed by atoms with Crippen LogP contribution in [0.4, 0.5) is 11.4 Å². The average molecular weight is 402 g/mol. The molecule has 1 unspecified atom stereocenters. The lowest BCUT2D eigenvalue weighted by molar-refractivity contribution is 0.102. The molecule has 3 rings (SSSR count). The molecule has 0 aromatic heterocycles. The zero-order valence-corrected chi connectivity index (χ0v) is 18.1. The van der Waals surface area contributed by atoms with E-state index in [1.54, 1.807) is 0 Å². The number of nitrogens with zero attached hydrogens (tertiary/aromatic N) is 1. The molecule has 2 N–H and O–H groups in total. The Kier molecular flexibility index (Phi) is 7.63. The van der Waals surface area contributed by atoms with Crippen molar-refractivity contribution in [3.8, 4) is 0 Å². The Bertz CT molecular complexity index is 917. The molecule has 0 aliphatic heterocycles. The fraction of sp³-hybridized carbons (Fsp3) is 0.269. The maximum absolute atomic E-state index is 12.6. The van der Waals surface area contributed by atoms with Crippen molar-refractivity contribution in [2.75, 3.05) is 23.7 Å². The van der Waals surface area contributed by atoms with E-state index in [4.69, 9.17) is 0 Å². The van der Waals surface area contributed by atoms with Gasteiger partial charge in [-0.05, 0) is 67.5 Å². The fourth-order valence-corrected chi connectivity index (χ4v) is 3.40. The molecule has 3 aromatic carbocycles. The topological polar surface area (TPSA) is 44.4 Å². The Labute approximate surface area is 179 Å². The van der Waals surface area contributed by atoms with E-state index in [0.29, 0.717) is 5.56 Å². The fourth-order valence-electron chi connectivity index (χ4n) is 3.40. The molecule has 4 heteroatoms. The number of hydrogen-bond acceptors (Lipinski definition) is 3. The Morgan fingerprint density at radius 2 is 1.43 bits per heavy atom. The second-order valence-corrected chi connectivity index (χ2v) is 7.47. The van der Waals surface area contributed by atoms with Crippen molar-refractivity contribution >= 4 is 17.3 Å². The molecule has 30 heavy (non-hydrogen) atoms. The smallest absolute Gasteiger partial charge is 0.255 e. The number of rotatable bonds is 9. The van der Waals surface area contributed by atoms with Crippen molar-refractivity contribution in [3.63, 3.8) is 0 Å². The molecular weight excluding hydrogens is 370 g/mol. The second kappa shape index (κ2) is 10.6. The average Bonchev–Trinajstić information content (AvgIpc) is 2.79. The summed E-state index contributed by atoms with van der Waals surface area (Å²) in [7, 11) is 0. The van der Waals surface area contributed by atoms with E-state index >= 15 is 0 Å². The number of carbonyl (C=O) groups is 1. The molecule has 0 saturated heterocycles. The summed E-state index contributed by atoms with van der Waals surface area (Å²) in [6, 6.07) is 26.2. The zero-order chi connectivity index (χ0) is 21.3. The molecular formula is C26H31N3O. The SMILES string of the molecule is CCN(CC)Cc1ccc(C(=O)Nc2ccc(NC(C)c3ccccc3)cc2)cc1. The van der Waals surface area contributed by atoms with Crippen molar-refractivity contribution in [1.82, 2.24) is 4.90 Å². The van der Waals surface area contributed by atoms with Gasteiger partial charge in [0.1, 0.15) is 0 Å². The van der Waals surface area contributed by atoms with Gasteiger partial charge in [0.05, 0.1) is 0 Å². The first kappa shape index (κ1) is 21.6. The van der Waals surface area contributed by atoms with Gasteiger partial charge in [-0.25, -0.2) is 0 Å². The third kappa shape index (κ3) is 5.94. The van der Waals surface area contributed by atoms with Crippen LogP contribution in [0, 0.1) is 0 Å². The molecule has 156 valence electrons. The summed E-state index contributed by atoms with van der Waals surface area (Å²) in [6.07, 6.45) is 0. The molecule has 0 aliphatic carbocycles. The Morgan fingerprint density at radius 3 is 2.03 bits per heavy atom. The minimum Gasteiger partial charge on any atom is -0.379 e. The van der Waals surface area contributed by atoms with Gasteiger partial charge in [-0.15, -0.1) is 0 Å². The number of hydrogen-bond donors (Lipinski definition) is 2. The van der Waals surface area contributed by atoms with Gasteiger partial charge < -0.3 is 10.6 Å². The maximum atomic E-state index is 12.6. The minimum absolute atomic E-state index is 0.0947. The van der Waals surface area contributed by atoms with Crippen molar-refractivity contribution in [3.05, 3.63) is 95.6 Å². The lowest BCUT2D eigenvalue weighted by atomic mass is 10.1. The molecule has 0 radical (unpaired) electrons. The summed E-state index contributed by atoms with van der Waals surface area (Å²) in [4.78, 5) is 14.9. The van der Waals surface area contributed by atoms with Gasteiger partial charge in [0.2, 0.25) is 0 Å². The summed E-state index contributed by atoms with van der Waals surface area (Å²) < 4.78 is 0. The lowest BCUT2D eigenvalue weighted by Gasteiger charge is -2.18. The largest absolute Gasteiger partial charge is 0.379 e. The standard InChI is InChI=1S/C26H31N3O/c1-4-29(5-2)19-21-11-13-23(14-12-21)26(30)28-25-17-15-24(16-18-25)27-20(3)22-9-7-6-8-10-22/h6-18,20,27H,4-5,19H2,1-3H3,(H,28,30). The first-order chi connectivity index (χ1) is 14.6. The van der Waals surface area contributed by atoms with E-state index in [9.17, 15) is 4.79 Å². The van der Waals surface area contributed by atoms with Gasteiger partial charge >= 0.3 is 0 Å². The van der Waals surface area contributed by atoms with E-state index in [0.717, 1.165) is 31.0 Å². The number of anilines is 2. The minimum atomic E-state index is -0.0947. The summed E-state index contributed by atoms with van der Waals surface area (Å²) in [6.45, 7) is 9.41. The molecule has 0 aliphatic rings. The van der Waals surface area contributed by atoms with Crippen LogP contribution < -0.4 is 10.6 Å². The van der Waals surface area contributed by atoms with Crippen molar-refractivity contribution in [2.24, 2.45) is 0 Å². The van der Waals surface area contributed by atoms with Crippen LogP contribution in [0.15, 0.2) is 78.9 Å². The van der Waals surface area contributed by atoms with E-state index in [2.05, 4.69) is 48.4 Å². The van der Waals surface area contributed by atoms with E-state index in [-0.39, 0.29) is 11.9 Å². The van der Waals surface area contributed by atoms with Crippen molar-refractivity contribution < 1.29 is 4.79 Å². The monoisotopic (exact) mass is 401 g/mol. The lowest BCUT2D eigenvalue weighted by Crippen LogP contribution is -2.22. The Hall–Kier alpha value is -3.11. The van der Waals surface area contributed by atoms with Gasteiger partial charge in [-0.3, -0.25) is 9.69 Å². The van der Waals surface area contributed by atoms with Crippen LogP contribution in [-0.2, 0) is 6.54 Å². The number of benzene rings is 3. The molecule has 1 atom stereocenters. The third-order valence-corrected chi connectivity index (χ3v) is 5.34. The molecule has 4 nitrogen and oxygen atoms in total. The van der Waals surface area contributed by atoms with Gasteiger partial charge in [0.15, 0.2) is 0 Å². The summed E-state index contributed by atoms with van der Waals surface area (Å²) in [5, 5.41) is 6.46. The van der Waals surface area contributed by atoms with E-state index in [1.165, 1.54) is 11.1 Å². The Balaban J connectivity index is 1.56. The highest BCUT2D eigenvalue weighted by molar-refractivity contribution is 6.04. The van der Waals surface area contributed by atoms with Crippen LogP contribution in [0.1, 0.15) is 48.3 Å². The van der Waals surface area contributed by atoms with Gasteiger partial charge in [-0.2, -0.15) is 0 Å². The van der Waals surface area contributed by atoms with Crippen LogP contribution in [0.5, 0.6) is 0 Å². The highest BCUT2D eigenvalue weighted by atomic mass is 16.1. The first-order valence-corrected chi connectivity index (χ1v) is 10.6. The Morgan fingerprint density at radius 1 is 0.833 bits per heavy atom. The summed E-state index contributed by atoms with van der Waals surface area (Å²) >= 11 is 0. The highest BCUT2D eigenvalue weighted by Crippen LogP contribution is 2.21. The first-order valence-electron chi connectivity index (χ1n) is 10.6. The quantitative estimate of drug-likeness (QED) is 0.465. The van der Waals surface area contributed by atoms with Crippen LogP contribution in [0.25, 0.3) is 0 Å². The molecule has 0 saturated carbocycles. The molecule has 3 aromatic rings. The van der Waals surface area contributed by atoms with Crippen LogP contribution in [-0.4, -0.2) is 23.9 Å². The van der Waals surface area contributed by atoms with Gasteiger partial charge in [0, 0.05) is 29.5 Å². The number of nitrogens with one attached hydrogen (secondary N) is 2. The highest BCUT2D eigenvalue weighted by Gasteiger charge is 2.08. The van der Waals surface area contributed by atoms with Crippen molar-refractivity contribution in [1.29, 1.82) is 0 Å². The normalized spacial score (nSPS) is 11.9. The maximum Gasteiger partial charge on any atom is 0.255 e. The predicted octanol–water partition coefficient (Wildman–Crippen LogP) is 5.95. The van der Waals surface area contributed by atoms with E-state index in [1.807, 2.05) is 66.7 Å². The van der Waals surface area contributed by atoms with Crippen LogP contribution in [0.2, 0.25) is 0 Å². The van der Waals surface area contributed by atoms with E-state index < -0.39 is 0 Å². The summed E-state index contributed by atoms with van der Waals surface area (Å²) in [5.74, 6) is -0.0947. The van der Waals surface area contributed by atoms with Crippen LogP contribution in [0.3, 0.4) is 0 Å². The van der Waals surface area contributed by atoms with Gasteiger partial charge in [-0.1, -0.05) is 56.3 Å². The predicted molar refractivity (Wildman–Crippen MR) is 126 cm³/mol. The zero-order valence-electron chi connectivity index (χ0n) is 18.1. The third-order valence-electron chi connectivity index (χ3n) is 5.34.